The maximum atomic E-state index is 9.26. The van der Waals surface area contributed by atoms with Crippen LogP contribution in [0.5, 0.6) is 17.2 Å². The van der Waals surface area contributed by atoms with E-state index >= 15 is 0 Å². The quantitative estimate of drug-likeness (QED) is 0.886. The molecule has 21 heavy (non-hydrogen) atoms. The molecule has 110 valence electrons. The zero-order valence-corrected chi connectivity index (χ0v) is 12.0. The van der Waals surface area contributed by atoms with Crippen LogP contribution in [-0.4, -0.2) is 18.4 Å². The number of aromatic hydroxyl groups is 1. The van der Waals surface area contributed by atoms with Crippen LogP contribution in [0.2, 0.25) is 0 Å². The van der Waals surface area contributed by atoms with E-state index in [1.165, 1.54) is 11.1 Å². The first kappa shape index (κ1) is 13.8. The summed E-state index contributed by atoms with van der Waals surface area (Å²) in [6.07, 6.45) is 0.926. The summed E-state index contributed by atoms with van der Waals surface area (Å²) in [4.78, 5) is 0. The van der Waals surface area contributed by atoms with Crippen LogP contribution in [0, 0.1) is 0 Å². The Morgan fingerprint density at radius 2 is 1.86 bits per heavy atom. The van der Waals surface area contributed by atoms with Gasteiger partial charge in [0.1, 0.15) is 5.75 Å². The summed E-state index contributed by atoms with van der Waals surface area (Å²) in [6, 6.07) is 13.6. The summed E-state index contributed by atoms with van der Waals surface area (Å²) in [7, 11) is 0. The van der Waals surface area contributed by atoms with Crippen molar-refractivity contribution in [3.63, 3.8) is 0 Å². The van der Waals surface area contributed by atoms with E-state index in [2.05, 4.69) is 18.3 Å². The lowest BCUT2D eigenvalue weighted by Crippen LogP contribution is -2.21. The van der Waals surface area contributed by atoms with Crippen LogP contribution in [-0.2, 0) is 6.42 Å². The van der Waals surface area contributed by atoms with Crippen LogP contribution in [0.4, 0.5) is 0 Å². The van der Waals surface area contributed by atoms with Crippen molar-refractivity contribution in [1.29, 1.82) is 0 Å². The van der Waals surface area contributed by atoms with Gasteiger partial charge >= 0.3 is 0 Å². The van der Waals surface area contributed by atoms with E-state index in [9.17, 15) is 5.11 Å². The van der Waals surface area contributed by atoms with E-state index in [0.29, 0.717) is 12.5 Å². The van der Waals surface area contributed by atoms with Gasteiger partial charge in [-0.05, 0) is 55.3 Å². The second kappa shape index (κ2) is 6.06. The molecule has 0 saturated carbocycles. The van der Waals surface area contributed by atoms with Crippen LogP contribution in [0.3, 0.4) is 0 Å². The molecule has 4 nitrogen and oxygen atoms in total. The molecule has 4 heteroatoms. The zero-order valence-electron chi connectivity index (χ0n) is 12.0. The monoisotopic (exact) mass is 285 g/mol. The topological polar surface area (TPSA) is 50.7 Å². The second-order valence-corrected chi connectivity index (χ2v) is 5.20. The number of fused-ring (bicyclic) bond motifs is 1. The molecular weight excluding hydrogens is 266 g/mol. The van der Waals surface area contributed by atoms with E-state index in [4.69, 9.17) is 9.47 Å². The van der Waals surface area contributed by atoms with Crippen molar-refractivity contribution in [2.75, 3.05) is 13.3 Å². The molecule has 1 aliphatic heterocycles. The first-order valence-electron chi connectivity index (χ1n) is 7.13. The average molecular weight is 285 g/mol. The fourth-order valence-corrected chi connectivity index (χ4v) is 2.40. The maximum absolute atomic E-state index is 9.26. The van der Waals surface area contributed by atoms with Crippen LogP contribution >= 0.6 is 0 Å². The molecule has 0 radical (unpaired) electrons. The molecule has 1 unspecified atom stereocenters. The molecule has 1 atom stereocenters. The summed E-state index contributed by atoms with van der Waals surface area (Å²) in [5, 5.41) is 12.8. The van der Waals surface area contributed by atoms with Gasteiger partial charge in [0.25, 0.3) is 0 Å². The number of hydrogen-bond donors (Lipinski definition) is 2. The Morgan fingerprint density at radius 3 is 2.67 bits per heavy atom. The molecule has 2 N–H and O–H groups in total. The van der Waals surface area contributed by atoms with Gasteiger partial charge in [-0.25, -0.2) is 0 Å². The Hall–Kier alpha value is -2.20. The lowest BCUT2D eigenvalue weighted by molar-refractivity contribution is 0.174. The van der Waals surface area contributed by atoms with Crippen molar-refractivity contribution in [3.8, 4) is 17.2 Å². The predicted molar refractivity (Wildman–Crippen MR) is 80.8 cm³/mol. The smallest absolute Gasteiger partial charge is 0.231 e. The van der Waals surface area contributed by atoms with Crippen LogP contribution in [0.1, 0.15) is 24.1 Å². The van der Waals surface area contributed by atoms with Gasteiger partial charge < -0.3 is 19.9 Å². The van der Waals surface area contributed by atoms with Gasteiger partial charge in [0.2, 0.25) is 6.79 Å². The van der Waals surface area contributed by atoms with Gasteiger partial charge in [0, 0.05) is 6.04 Å². The minimum Gasteiger partial charge on any atom is -0.508 e. The number of ether oxygens (including phenoxy) is 2. The molecule has 2 aromatic carbocycles. The number of hydrogen-bond acceptors (Lipinski definition) is 4. The van der Waals surface area contributed by atoms with Gasteiger partial charge in [-0.1, -0.05) is 18.2 Å². The highest BCUT2D eigenvalue weighted by Crippen LogP contribution is 2.34. The third-order valence-electron chi connectivity index (χ3n) is 3.70. The highest BCUT2D eigenvalue weighted by Gasteiger charge is 2.15. The average Bonchev–Trinajstić information content (AvgIpc) is 2.96. The fourth-order valence-electron chi connectivity index (χ4n) is 2.40. The van der Waals surface area contributed by atoms with E-state index in [-0.39, 0.29) is 6.04 Å². The van der Waals surface area contributed by atoms with E-state index in [1.807, 2.05) is 24.3 Å². The number of benzene rings is 2. The number of nitrogens with one attached hydrogen (secondary N) is 1. The molecule has 1 aliphatic rings. The molecule has 0 spiro atoms. The van der Waals surface area contributed by atoms with E-state index < -0.39 is 0 Å². The van der Waals surface area contributed by atoms with Crippen molar-refractivity contribution in [3.05, 3.63) is 53.6 Å². The molecule has 0 aliphatic carbocycles. The molecule has 0 fully saturated rings. The molecule has 3 rings (SSSR count). The van der Waals surface area contributed by atoms with Crippen molar-refractivity contribution < 1.29 is 14.6 Å². The Kier molecular flexibility index (Phi) is 3.97. The summed E-state index contributed by atoms with van der Waals surface area (Å²) in [6.45, 7) is 3.32. The predicted octanol–water partition coefficient (Wildman–Crippen LogP) is 3.01. The molecule has 0 aromatic heterocycles. The molecule has 1 heterocycles. The first-order valence-corrected chi connectivity index (χ1v) is 7.13. The van der Waals surface area contributed by atoms with Crippen LogP contribution in [0.25, 0.3) is 0 Å². The summed E-state index contributed by atoms with van der Waals surface area (Å²) in [5.41, 5.74) is 2.39. The summed E-state index contributed by atoms with van der Waals surface area (Å²) < 4.78 is 10.7. The second-order valence-electron chi connectivity index (χ2n) is 5.20. The van der Waals surface area contributed by atoms with Crippen molar-refractivity contribution in [1.82, 2.24) is 5.32 Å². The minimum atomic E-state index is 0.247. The summed E-state index contributed by atoms with van der Waals surface area (Å²) >= 11 is 0. The SMILES string of the molecule is CC(NCCc1ccc(O)cc1)c1ccc2c(c1)OCO2. The van der Waals surface area contributed by atoms with Crippen molar-refractivity contribution in [2.24, 2.45) is 0 Å². The zero-order chi connectivity index (χ0) is 14.7. The van der Waals surface area contributed by atoms with Gasteiger partial charge in [-0.2, -0.15) is 0 Å². The van der Waals surface area contributed by atoms with Gasteiger partial charge in [-0.3, -0.25) is 0 Å². The molecule has 0 bridgehead atoms. The first-order chi connectivity index (χ1) is 10.2. The van der Waals surface area contributed by atoms with Gasteiger partial charge in [-0.15, -0.1) is 0 Å². The highest BCUT2D eigenvalue weighted by atomic mass is 16.7. The normalized spacial score (nSPS) is 14.1. The maximum Gasteiger partial charge on any atom is 0.231 e. The third kappa shape index (κ3) is 3.28. The number of rotatable bonds is 5. The van der Waals surface area contributed by atoms with Gasteiger partial charge in [0.05, 0.1) is 0 Å². The van der Waals surface area contributed by atoms with Crippen LogP contribution < -0.4 is 14.8 Å². The molecule has 0 amide bonds. The van der Waals surface area contributed by atoms with Crippen LogP contribution in [0.15, 0.2) is 42.5 Å². The van der Waals surface area contributed by atoms with Crippen molar-refractivity contribution >= 4 is 0 Å². The van der Waals surface area contributed by atoms with E-state index in [0.717, 1.165) is 24.5 Å². The summed E-state index contributed by atoms with van der Waals surface area (Å²) in [5.74, 6) is 1.94. The van der Waals surface area contributed by atoms with Crippen molar-refractivity contribution in [2.45, 2.75) is 19.4 Å². The molecule has 2 aromatic rings. The Morgan fingerprint density at radius 1 is 1.10 bits per heavy atom. The minimum absolute atomic E-state index is 0.247. The standard InChI is InChI=1S/C17H19NO3/c1-12(14-4-7-16-17(10-14)21-11-20-16)18-9-8-13-2-5-15(19)6-3-13/h2-7,10,12,18-19H,8-9,11H2,1H3. The lowest BCUT2D eigenvalue weighted by atomic mass is 10.1. The number of phenolic OH excluding ortho intramolecular Hbond substituents is 1. The Balaban J connectivity index is 1.54. The van der Waals surface area contributed by atoms with Gasteiger partial charge in [0.15, 0.2) is 11.5 Å². The number of phenols is 1. The highest BCUT2D eigenvalue weighted by molar-refractivity contribution is 5.45. The van der Waals surface area contributed by atoms with E-state index in [1.54, 1.807) is 12.1 Å². The Labute approximate surface area is 124 Å². The third-order valence-corrected chi connectivity index (χ3v) is 3.70. The lowest BCUT2D eigenvalue weighted by Gasteiger charge is -2.14. The fraction of sp³-hybridized carbons (Fsp3) is 0.294. The molecular formula is C17H19NO3. The Bertz CT molecular complexity index is 610. The molecule has 0 saturated heterocycles. The largest absolute Gasteiger partial charge is 0.508 e.